The zero-order valence-corrected chi connectivity index (χ0v) is 8.79. The maximum atomic E-state index is 12.5. The Bertz CT molecular complexity index is 416. The van der Waals surface area contributed by atoms with E-state index in [4.69, 9.17) is 16.7 Å². The number of nitrogens with zero attached hydrogens (tertiary/aromatic N) is 1. The second kappa shape index (κ2) is 4.88. The molecule has 7 heteroatoms. The van der Waals surface area contributed by atoms with Crippen molar-refractivity contribution in [3.05, 3.63) is 34.2 Å². The maximum absolute atomic E-state index is 12.5. The summed E-state index contributed by atoms with van der Waals surface area (Å²) in [6.07, 6.45) is -5.82. The third kappa shape index (κ3) is 2.99. The molecule has 0 fully saturated rings. The molecule has 1 rings (SSSR count). The molecule has 0 saturated carbocycles. The first-order valence-corrected chi connectivity index (χ1v) is 4.91. The van der Waals surface area contributed by atoms with E-state index in [-0.39, 0.29) is 5.88 Å². The van der Waals surface area contributed by atoms with E-state index in [2.05, 4.69) is 0 Å². The molecule has 0 radical (unpaired) electrons. The number of alkyl halides is 4. The number of aromatic nitrogens is 1. The van der Waals surface area contributed by atoms with Crippen molar-refractivity contribution < 1.29 is 18.3 Å². The topological polar surface area (TPSA) is 42.2 Å². The van der Waals surface area contributed by atoms with Gasteiger partial charge in [0.2, 0.25) is 0 Å². The Morgan fingerprint density at radius 1 is 1.44 bits per heavy atom. The van der Waals surface area contributed by atoms with Gasteiger partial charge in [0.1, 0.15) is 5.69 Å². The first kappa shape index (κ1) is 13.1. The van der Waals surface area contributed by atoms with Crippen LogP contribution in [0, 0.1) is 0 Å². The number of hydrogen-bond acceptors (Lipinski definition) is 2. The van der Waals surface area contributed by atoms with Gasteiger partial charge in [0.25, 0.3) is 5.56 Å². The quantitative estimate of drug-likeness (QED) is 0.831. The van der Waals surface area contributed by atoms with Gasteiger partial charge < -0.3 is 9.67 Å². The molecule has 0 aliphatic rings. The van der Waals surface area contributed by atoms with E-state index in [1.54, 1.807) is 0 Å². The van der Waals surface area contributed by atoms with E-state index in [0.717, 1.165) is 18.2 Å². The third-order valence-electron chi connectivity index (χ3n) is 1.91. The molecular formula is C9H9ClF3NO2. The number of hydrogen-bond donors (Lipinski definition) is 1. The Hall–Kier alpha value is -1.01. The number of rotatable bonds is 3. The molecule has 0 bridgehead atoms. The molecule has 0 aliphatic carbocycles. The molecule has 1 heterocycles. The molecule has 0 aromatic carbocycles. The van der Waals surface area contributed by atoms with E-state index in [9.17, 15) is 18.0 Å². The fourth-order valence-corrected chi connectivity index (χ4v) is 1.31. The summed E-state index contributed by atoms with van der Waals surface area (Å²) in [7, 11) is 0. The highest BCUT2D eigenvalue weighted by atomic mass is 35.5. The van der Waals surface area contributed by atoms with Gasteiger partial charge in [0, 0.05) is 6.07 Å². The van der Waals surface area contributed by atoms with Crippen LogP contribution in [0.15, 0.2) is 23.0 Å². The number of aliphatic hydroxyl groups is 1. The van der Waals surface area contributed by atoms with E-state index < -0.39 is 30.1 Å². The van der Waals surface area contributed by atoms with Gasteiger partial charge in [0.05, 0.1) is 18.5 Å². The normalized spacial score (nSPS) is 13.8. The highest BCUT2D eigenvalue weighted by molar-refractivity contribution is 6.18. The average Bonchev–Trinajstić information content (AvgIpc) is 2.19. The Morgan fingerprint density at radius 3 is 2.56 bits per heavy atom. The van der Waals surface area contributed by atoms with Crippen molar-refractivity contribution in [1.29, 1.82) is 0 Å². The van der Waals surface area contributed by atoms with E-state index >= 15 is 0 Å². The second-order valence-corrected chi connectivity index (χ2v) is 3.47. The highest BCUT2D eigenvalue weighted by Crippen LogP contribution is 2.28. The molecule has 0 amide bonds. The Balaban J connectivity index is 3.20. The van der Waals surface area contributed by atoms with Crippen LogP contribution in [0.3, 0.4) is 0 Å². The van der Waals surface area contributed by atoms with Crippen molar-refractivity contribution in [2.75, 3.05) is 5.88 Å². The Kier molecular flexibility index (Phi) is 3.98. The minimum absolute atomic E-state index is 0.237. The summed E-state index contributed by atoms with van der Waals surface area (Å²) in [4.78, 5) is 11.2. The molecule has 0 saturated heterocycles. The lowest BCUT2D eigenvalue weighted by molar-refractivity contribution is -0.144. The zero-order chi connectivity index (χ0) is 12.3. The SMILES string of the molecule is O=c1cccc(C(F)(F)F)n1CC(O)CCl. The van der Waals surface area contributed by atoms with Crippen molar-refractivity contribution >= 4 is 11.6 Å². The van der Waals surface area contributed by atoms with Crippen LogP contribution in [0.1, 0.15) is 5.69 Å². The van der Waals surface area contributed by atoms with Gasteiger partial charge in [-0.25, -0.2) is 0 Å². The molecule has 90 valence electrons. The van der Waals surface area contributed by atoms with Gasteiger partial charge in [-0.15, -0.1) is 11.6 Å². The lowest BCUT2D eigenvalue weighted by Crippen LogP contribution is -2.32. The summed E-state index contributed by atoms with van der Waals surface area (Å²) in [5.41, 5.74) is -1.91. The number of aliphatic hydroxyl groups excluding tert-OH is 1. The second-order valence-electron chi connectivity index (χ2n) is 3.17. The first-order valence-electron chi connectivity index (χ1n) is 4.37. The van der Waals surface area contributed by atoms with Gasteiger partial charge >= 0.3 is 6.18 Å². The summed E-state index contributed by atoms with van der Waals surface area (Å²) in [5, 5.41) is 9.17. The summed E-state index contributed by atoms with van der Waals surface area (Å²) in [5.74, 6) is -0.237. The molecular weight excluding hydrogens is 247 g/mol. The van der Waals surface area contributed by atoms with Crippen LogP contribution < -0.4 is 5.56 Å². The van der Waals surface area contributed by atoms with Crippen LogP contribution in [0.4, 0.5) is 13.2 Å². The Labute approximate surface area is 94.1 Å². The summed E-state index contributed by atoms with van der Waals surface area (Å²) < 4.78 is 38.0. The molecule has 1 unspecified atom stereocenters. The molecule has 0 aliphatic heterocycles. The van der Waals surface area contributed by atoms with E-state index in [0.29, 0.717) is 4.57 Å². The summed E-state index contributed by atoms with van der Waals surface area (Å²) in [6.45, 7) is -0.474. The van der Waals surface area contributed by atoms with Crippen molar-refractivity contribution in [2.24, 2.45) is 0 Å². The van der Waals surface area contributed by atoms with Gasteiger partial charge in [-0.3, -0.25) is 4.79 Å². The number of pyridine rings is 1. The van der Waals surface area contributed by atoms with Crippen molar-refractivity contribution in [3.8, 4) is 0 Å². The fraction of sp³-hybridized carbons (Fsp3) is 0.444. The third-order valence-corrected chi connectivity index (χ3v) is 2.27. The summed E-state index contributed by atoms with van der Waals surface area (Å²) in [6, 6.07) is 2.80. The molecule has 0 spiro atoms. The van der Waals surface area contributed by atoms with Crippen LogP contribution >= 0.6 is 11.6 Å². The zero-order valence-electron chi connectivity index (χ0n) is 8.04. The lowest BCUT2D eigenvalue weighted by Gasteiger charge is -2.16. The van der Waals surface area contributed by atoms with Crippen LogP contribution in [0.5, 0.6) is 0 Å². The monoisotopic (exact) mass is 255 g/mol. The standard InChI is InChI=1S/C9H9ClF3NO2/c10-4-6(15)5-14-7(9(11,12)13)2-1-3-8(14)16/h1-3,6,15H,4-5H2. The van der Waals surface area contributed by atoms with Crippen molar-refractivity contribution in [1.82, 2.24) is 4.57 Å². The van der Waals surface area contributed by atoms with Gasteiger partial charge in [0.15, 0.2) is 0 Å². The van der Waals surface area contributed by atoms with Crippen LogP contribution in [-0.4, -0.2) is 21.7 Å². The maximum Gasteiger partial charge on any atom is 0.431 e. The highest BCUT2D eigenvalue weighted by Gasteiger charge is 2.34. The molecule has 1 aromatic heterocycles. The lowest BCUT2D eigenvalue weighted by atomic mass is 10.3. The van der Waals surface area contributed by atoms with Gasteiger partial charge in [-0.05, 0) is 6.07 Å². The predicted molar refractivity (Wildman–Crippen MR) is 52.4 cm³/mol. The van der Waals surface area contributed by atoms with Gasteiger partial charge in [-0.2, -0.15) is 13.2 Å². The first-order chi connectivity index (χ1) is 7.36. The minimum atomic E-state index is -4.63. The fourth-order valence-electron chi connectivity index (χ4n) is 1.22. The average molecular weight is 256 g/mol. The van der Waals surface area contributed by atoms with Crippen LogP contribution in [0.25, 0.3) is 0 Å². The molecule has 16 heavy (non-hydrogen) atoms. The van der Waals surface area contributed by atoms with E-state index in [1.165, 1.54) is 0 Å². The van der Waals surface area contributed by atoms with Crippen molar-refractivity contribution in [2.45, 2.75) is 18.8 Å². The smallest absolute Gasteiger partial charge is 0.390 e. The van der Waals surface area contributed by atoms with Crippen molar-refractivity contribution in [3.63, 3.8) is 0 Å². The largest absolute Gasteiger partial charge is 0.431 e. The van der Waals surface area contributed by atoms with Crippen LogP contribution in [-0.2, 0) is 12.7 Å². The number of halogens is 4. The van der Waals surface area contributed by atoms with Gasteiger partial charge in [-0.1, -0.05) is 6.07 Å². The van der Waals surface area contributed by atoms with E-state index in [1.807, 2.05) is 0 Å². The molecule has 1 N–H and O–H groups in total. The predicted octanol–water partition coefficient (Wildman–Crippen LogP) is 1.47. The Morgan fingerprint density at radius 2 is 2.06 bits per heavy atom. The van der Waals surface area contributed by atoms with Crippen LogP contribution in [0.2, 0.25) is 0 Å². The minimum Gasteiger partial charge on any atom is -0.390 e. The molecule has 1 atom stereocenters. The molecule has 3 nitrogen and oxygen atoms in total. The molecule has 1 aromatic rings. The summed E-state index contributed by atoms with van der Waals surface area (Å²) >= 11 is 5.27.